The van der Waals surface area contributed by atoms with E-state index in [0.29, 0.717) is 36.7 Å². The number of amides is 1. The zero-order valence-electron chi connectivity index (χ0n) is 16.9. The topological polar surface area (TPSA) is 75.7 Å². The second kappa shape index (κ2) is 10.8. The number of ether oxygens (including phenoxy) is 1. The molecule has 0 unspecified atom stereocenters. The molecule has 0 heterocycles. The molecule has 8 heteroatoms. The fraction of sp³-hybridized carbons (Fsp3) is 0.381. The van der Waals surface area contributed by atoms with Gasteiger partial charge in [-0.3, -0.25) is 4.79 Å². The van der Waals surface area contributed by atoms with E-state index in [2.05, 4.69) is 21.2 Å². The molecule has 0 aliphatic heterocycles. The normalized spacial score (nSPS) is 11.5. The zero-order chi connectivity index (χ0) is 21.4. The van der Waals surface area contributed by atoms with Crippen molar-refractivity contribution in [3.05, 3.63) is 52.5 Å². The predicted octanol–water partition coefficient (Wildman–Crippen LogP) is 4.91. The van der Waals surface area contributed by atoms with Crippen LogP contribution < -0.4 is 10.1 Å². The molecule has 0 saturated carbocycles. The highest BCUT2D eigenvalue weighted by atomic mass is 79.9. The molecule has 29 heavy (non-hydrogen) atoms. The number of hydrogen-bond acceptors (Lipinski definition) is 4. The van der Waals surface area contributed by atoms with Crippen molar-refractivity contribution in [2.45, 2.75) is 38.5 Å². The van der Waals surface area contributed by atoms with E-state index in [-0.39, 0.29) is 10.8 Å². The molecule has 158 valence electrons. The summed E-state index contributed by atoms with van der Waals surface area (Å²) in [6.07, 6.45) is 1.50. The summed E-state index contributed by atoms with van der Waals surface area (Å²) in [4.78, 5) is 12.9. The summed E-state index contributed by atoms with van der Waals surface area (Å²) in [6.45, 7) is 7.17. The highest BCUT2D eigenvalue weighted by molar-refractivity contribution is 9.10. The molecule has 2 aromatic rings. The summed E-state index contributed by atoms with van der Waals surface area (Å²) in [5.41, 5.74) is 0.906. The van der Waals surface area contributed by atoms with E-state index in [1.807, 2.05) is 20.8 Å². The smallest absolute Gasteiger partial charge is 0.259 e. The summed E-state index contributed by atoms with van der Waals surface area (Å²) in [5.74, 6) is 0.158. The average molecular weight is 483 g/mol. The Bertz CT molecular complexity index is 924. The molecule has 0 atom stereocenters. The number of benzene rings is 2. The Hall–Kier alpha value is -1.90. The first kappa shape index (κ1) is 23.4. The third-order valence-electron chi connectivity index (χ3n) is 4.18. The van der Waals surface area contributed by atoms with E-state index < -0.39 is 10.0 Å². The van der Waals surface area contributed by atoms with Gasteiger partial charge >= 0.3 is 0 Å². The quantitative estimate of drug-likeness (QED) is 0.521. The Labute approximate surface area is 181 Å². The Balaban J connectivity index is 2.21. The van der Waals surface area contributed by atoms with Gasteiger partial charge in [-0.2, -0.15) is 4.31 Å². The summed E-state index contributed by atoms with van der Waals surface area (Å²) in [6, 6.07) is 11.5. The second-order valence-electron chi connectivity index (χ2n) is 6.46. The number of nitrogens with one attached hydrogen (secondary N) is 1. The van der Waals surface area contributed by atoms with Gasteiger partial charge in [0.15, 0.2) is 0 Å². The van der Waals surface area contributed by atoms with E-state index >= 15 is 0 Å². The molecule has 2 rings (SSSR count). The van der Waals surface area contributed by atoms with Crippen molar-refractivity contribution < 1.29 is 17.9 Å². The molecule has 0 aliphatic rings. The van der Waals surface area contributed by atoms with E-state index in [0.717, 1.165) is 17.3 Å². The molecule has 0 spiro atoms. The van der Waals surface area contributed by atoms with E-state index in [9.17, 15) is 13.2 Å². The van der Waals surface area contributed by atoms with Crippen molar-refractivity contribution in [3.8, 4) is 5.75 Å². The van der Waals surface area contributed by atoms with E-state index in [4.69, 9.17) is 4.74 Å². The lowest BCUT2D eigenvalue weighted by atomic mass is 10.2. The lowest BCUT2D eigenvalue weighted by Gasteiger charge is -2.21. The van der Waals surface area contributed by atoms with Gasteiger partial charge in [0.2, 0.25) is 10.0 Å². The molecule has 0 aromatic heterocycles. The lowest BCUT2D eigenvalue weighted by Crippen LogP contribution is -2.32. The SMILES string of the molecule is CCCN(CCC)S(=O)(=O)c1ccc(NC(=O)c2cc(Br)ccc2OCC)cc1. The molecule has 1 N–H and O–H groups in total. The maximum atomic E-state index is 12.8. The minimum Gasteiger partial charge on any atom is -0.493 e. The molecule has 0 bridgehead atoms. The first-order chi connectivity index (χ1) is 13.8. The van der Waals surface area contributed by atoms with Gasteiger partial charge in [-0.25, -0.2) is 8.42 Å². The van der Waals surface area contributed by atoms with Crippen molar-refractivity contribution in [1.29, 1.82) is 0 Å². The fourth-order valence-corrected chi connectivity index (χ4v) is 4.85. The number of carbonyl (C=O) groups excluding carboxylic acids is 1. The van der Waals surface area contributed by atoms with Crippen LogP contribution >= 0.6 is 15.9 Å². The lowest BCUT2D eigenvalue weighted by molar-refractivity contribution is 0.102. The summed E-state index contributed by atoms with van der Waals surface area (Å²) in [7, 11) is -3.55. The zero-order valence-corrected chi connectivity index (χ0v) is 19.3. The van der Waals surface area contributed by atoms with Crippen LogP contribution in [0.4, 0.5) is 5.69 Å². The molecule has 0 aliphatic carbocycles. The molecule has 1 amide bonds. The predicted molar refractivity (Wildman–Crippen MR) is 119 cm³/mol. The van der Waals surface area contributed by atoms with E-state index in [1.165, 1.54) is 16.4 Å². The number of nitrogens with zero attached hydrogens (tertiary/aromatic N) is 1. The standard InChI is InChI=1S/C21H27BrN2O4S/c1-4-13-24(14-5-2)29(26,27)18-10-8-17(9-11-18)23-21(25)19-15-16(22)7-12-20(19)28-6-3/h7-12,15H,4-6,13-14H2,1-3H3,(H,23,25). The van der Waals surface area contributed by atoms with Crippen LogP contribution in [-0.2, 0) is 10.0 Å². The van der Waals surface area contributed by atoms with E-state index in [1.54, 1.807) is 30.3 Å². The molecular formula is C21H27BrN2O4S. The molecule has 0 radical (unpaired) electrons. The van der Waals surface area contributed by atoms with Crippen LogP contribution in [-0.4, -0.2) is 38.3 Å². The number of halogens is 1. The van der Waals surface area contributed by atoms with Gasteiger partial charge in [0.25, 0.3) is 5.91 Å². The van der Waals surface area contributed by atoms with Crippen molar-refractivity contribution in [2.24, 2.45) is 0 Å². The van der Waals surface area contributed by atoms with Crippen molar-refractivity contribution in [1.82, 2.24) is 4.31 Å². The Morgan fingerprint density at radius 2 is 1.66 bits per heavy atom. The van der Waals surface area contributed by atoms with Gasteiger partial charge in [-0.15, -0.1) is 0 Å². The van der Waals surface area contributed by atoms with Gasteiger partial charge in [-0.05, 0) is 62.2 Å². The van der Waals surface area contributed by atoms with Crippen LogP contribution in [0.3, 0.4) is 0 Å². The van der Waals surface area contributed by atoms with Crippen LogP contribution in [0.2, 0.25) is 0 Å². The van der Waals surface area contributed by atoms with Crippen LogP contribution in [0.5, 0.6) is 5.75 Å². The van der Waals surface area contributed by atoms with Crippen molar-refractivity contribution in [3.63, 3.8) is 0 Å². The number of rotatable bonds is 10. The molecule has 0 fully saturated rings. The first-order valence-electron chi connectivity index (χ1n) is 9.67. The van der Waals surface area contributed by atoms with Gasteiger partial charge in [-0.1, -0.05) is 29.8 Å². The summed E-state index contributed by atoms with van der Waals surface area (Å²) < 4.78 is 33.5. The third kappa shape index (κ3) is 6.04. The Morgan fingerprint density at radius 1 is 1.03 bits per heavy atom. The Kier molecular flexibility index (Phi) is 8.67. The number of sulfonamides is 1. The molecule has 6 nitrogen and oxygen atoms in total. The van der Waals surface area contributed by atoms with Crippen molar-refractivity contribution >= 4 is 37.5 Å². The minimum absolute atomic E-state index is 0.217. The largest absolute Gasteiger partial charge is 0.493 e. The summed E-state index contributed by atoms with van der Waals surface area (Å²) >= 11 is 3.36. The van der Waals surface area contributed by atoms with Crippen LogP contribution in [0, 0.1) is 0 Å². The minimum atomic E-state index is -3.55. The molecule has 0 saturated heterocycles. The number of carbonyl (C=O) groups is 1. The van der Waals surface area contributed by atoms with Gasteiger partial charge in [0.05, 0.1) is 17.1 Å². The maximum Gasteiger partial charge on any atom is 0.259 e. The van der Waals surface area contributed by atoms with Gasteiger partial charge in [0.1, 0.15) is 5.75 Å². The van der Waals surface area contributed by atoms with Crippen LogP contribution in [0.1, 0.15) is 44.0 Å². The van der Waals surface area contributed by atoms with Crippen LogP contribution in [0.15, 0.2) is 51.8 Å². The summed E-state index contributed by atoms with van der Waals surface area (Å²) in [5, 5.41) is 2.79. The average Bonchev–Trinajstić information content (AvgIpc) is 2.69. The van der Waals surface area contributed by atoms with Gasteiger partial charge in [0, 0.05) is 23.2 Å². The number of hydrogen-bond donors (Lipinski definition) is 1. The maximum absolute atomic E-state index is 12.8. The first-order valence-corrected chi connectivity index (χ1v) is 11.9. The molecule has 2 aromatic carbocycles. The third-order valence-corrected chi connectivity index (χ3v) is 6.59. The highest BCUT2D eigenvalue weighted by Gasteiger charge is 2.23. The highest BCUT2D eigenvalue weighted by Crippen LogP contribution is 2.25. The van der Waals surface area contributed by atoms with Crippen molar-refractivity contribution in [2.75, 3.05) is 25.0 Å². The fourth-order valence-electron chi connectivity index (χ4n) is 2.87. The Morgan fingerprint density at radius 3 is 2.21 bits per heavy atom. The monoisotopic (exact) mass is 482 g/mol. The number of anilines is 1. The molecular weight excluding hydrogens is 456 g/mol. The van der Waals surface area contributed by atoms with Gasteiger partial charge < -0.3 is 10.1 Å². The second-order valence-corrected chi connectivity index (χ2v) is 9.31. The van der Waals surface area contributed by atoms with Crippen LogP contribution in [0.25, 0.3) is 0 Å².